The van der Waals surface area contributed by atoms with Gasteiger partial charge in [0.2, 0.25) is 10.0 Å². The molecule has 0 fully saturated rings. The molecule has 5 heteroatoms. The van der Waals surface area contributed by atoms with Gasteiger partial charge in [0, 0.05) is 5.92 Å². The predicted octanol–water partition coefficient (Wildman–Crippen LogP) is 1.15. The molecule has 1 aromatic carbocycles. The maximum absolute atomic E-state index is 11.1. The van der Waals surface area contributed by atoms with E-state index in [9.17, 15) is 8.42 Å². The van der Waals surface area contributed by atoms with E-state index in [2.05, 4.69) is 0 Å². The summed E-state index contributed by atoms with van der Waals surface area (Å²) in [5.74, 6) is 0.742. The first-order valence-electron chi connectivity index (χ1n) is 5.19. The van der Waals surface area contributed by atoms with E-state index < -0.39 is 10.0 Å². The Hall–Kier alpha value is -1.07. The molecule has 0 radical (unpaired) electrons. The van der Waals surface area contributed by atoms with Crippen molar-refractivity contribution in [2.75, 3.05) is 12.4 Å². The molecule has 2 rings (SSSR count). The van der Waals surface area contributed by atoms with E-state index in [0.717, 1.165) is 16.9 Å². The summed E-state index contributed by atoms with van der Waals surface area (Å²) in [4.78, 5) is 0. The van der Waals surface area contributed by atoms with Crippen LogP contribution in [0.2, 0.25) is 0 Å². The molecule has 1 aliphatic rings. The van der Waals surface area contributed by atoms with Crippen LogP contribution in [0.1, 0.15) is 23.5 Å². The van der Waals surface area contributed by atoms with Gasteiger partial charge < -0.3 is 4.74 Å². The normalized spacial score (nSPS) is 20.0. The number of sulfonamides is 1. The van der Waals surface area contributed by atoms with Crippen LogP contribution >= 0.6 is 0 Å². The Bertz CT molecular complexity index is 496. The first kappa shape index (κ1) is 11.4. The van der Waals surface area contributed by atoms with E-state index in [0.29, 0.717) is 13.0 Å². The SMILES string of the molecule is Cc1ccc2c(c1)OCC[C@@H]2CS(N)(=O)=O. The lowest BCUT2D eigenvalue weighted by Gasteiger charge is -2.25. The molecule has 0 amide bonds. The highest BCUT2D eigenvalue weighted by Gasteiger charge is 2.24. The molecule has 1 heterocycles. The molecule has 0 unspecified atom stereocenters. The lowest BCUT2D eigenvalue weighted by molar-refractivity contribution is 0.272. The Balaban J connectivity index is 2.33. The van der Waals surface area contributed by atoms with Crippen molar-refractivity contribution >= 4 is 10.0 Å². The van der Waals surface area contributed by atoms with Gasteiger partial charge in [-0.05, 0) is 30.5 Å². The number of aryl methyl sites for hydroxylation is 1. The minimum absolute atomic E-state index is 0.00752. The van der Waals surface area contributed by atoms with Crippen molar-refractivity contribution in [2.24, 2.45) is 5.14 Å². The van der Waals surface area contributed by atoms with Gasteiger partial charge >= 0.3 is 0 Å². The van der Waals surface area contributed by atoms with Crippen molar-refractivity contribution in [2.45, 2.75) is 19.3 Å². The highest BCUT2D eigenvalue weighted by atomic mass is 32.2. The standard InChI is InChI=1S/C11H15NO3S/c1-8-2-3-10-9(7-16(12,13)14)4-5-15-11(10)6-8/h2-3,6,9H,4-5,7H2,1H3,(H2,12,13,14)/t9-/m1/s1. The molecular weight excluding hydrogens is 226 g/mol. The summed E-state index contributed by atoms with van der Waals surface area (Å²) < 4.78 is 27.7. The first-order chi connectivity index (χ1) is 7.46. The zero-order valence-electron chi connectivity index (χ0n) is 9.14. The van der Waals surface area contributed by atoms with Crippen LogP contribution in [0.4, 0.5) is 0 Å². The monoisotopic (exact) mass is 241 g/mol. The average molecular weight is 241 g/mol. The largest absolute Gasteiger partial charge is 0.493 e. The number of rotatable bonds is 2. The lowest BCUT2D eigenvalue weighted by atomic mass is 9.94. The van der Waals surface area contributed by atoms with Crippen molar-refractivity contribution < 1.29 is 13.2 Å². The quantitative estimate of drug-likeness (QED) is 0.844. The zero-order chi connectivity index (χ0) is 11.8. The highest BCUT2D eigenvalue weighted by molar-refractivity contribution is 7.89. The molecule has 0 saturated heterocycles. The van der Waals surface area contributed by atoms with Gasteiger partial charge in [0.25, 0.3) is 0 Å². The summed E-state index contributed by atoms with van der Waals surface area (Å²) >= 11 is 0. The molecular formula is C11H15NO3S. The Morgan fingerprint density at radius 3 is 2.94 bits per heavy atom. The molecule has 4 nitrogen and oxygen atoms in total. The minimum atomic E-state index is -3.43. The number of nitrogens with two attached hydrogens (primary N) is 1. The maximum Gasteiger partial charge on any atom is 0.209 e. The molecule has 88 valence electrons. The molecule has 16 heavy (non-hydrogen) atoms. The molecule has 0 spiro atoms. The lowest BCUT2D eigenvalue weighted by Crippen LogP contribution is -2.25. The number of ether oxygens (including phenoxy) is 1. The molecule has 0 bridgehead atoms. The summed E-state index contributed by atoms with van der Waals surface area (Å²) in [6, 6.07) is 5.83. The summed E-state index contributed by atoms with van der Waals surface area (Å²) in [5, 5.41) is 5.08. The Labute approximate surface area is 95.5 Å². The molecule has 2 N–H and O–H groups in total. The Kier molecular flexibility index (Phi) is 2.90. The zero-order valence-corrected chi connectivity index (χ0v) is 9.96. The number of primary sulfonamides is 1. The van der Waals surface area contributed by atoms with Gasteiger partial charge in [0.15, 0.2) is 0 Å². The van der Waals surface area contributed by atoms with Crippen LogP contribution in [0.25, 0.3) is 0 Å². The molecule has 0 aromatic heterocycles. The fourth-order valence-corrected chi connectivity index (χ4v) is 2.93. The summed E-state index contributed by atoms with van der Waals surface area (Å²) in [5.41, 5.74) is 2.06. The smallest absolute Gasteiger partial charge is 0.209 e. The predicted molar refractivity (Wildman–Crippen MR) is 62.0 cm³/mol. The second-order valence-corrected chi connectivity index (χ2v) is 5.86. The molecule has 1 aromatic rings. The fraction of sp³-hybridized carbons (Fsp3) is 0.455. The molecule has 0 aliphatic carbocycles. The molecule has 1 aliphatic heterocycles. The van der Waals surface area contributed by atoms with E-state index in [1.54, 1.807) is 0 Å². The van der Waals surface area contributed by atoms with E-state index >= 15 is 0 Å². The third-order valence-corrected chi connectivity index (χ3v) is 3.63. The second kappa shape index (κ2) is 4.07. The third kappa shape index (κ3) is 2.54. The van der Waals surface area contributed by atoms with Crippen LogP contribution in [0, 0.1) is 6.92 Å². The summed E-state index contributed by atoms with van der Waals surface area (Å²) in [6.45, 7) is 2.53. The maximum atomic E-state index is 11.1. The van der Waals surface area contributed by atoms with Crippen molar-refractivity contribution in [1.82, 2.24) is 0 Å². The van der Waals surface area contributed by atoms with E-state index in [-0.39, 0.29) is 11.7 Å². The Morgan fingerprint density at radius 1 is 1.50 bits per heavy atom. The van der Waals surface area contributed by atoms with Gasteiger partial charge in [0.05, 0.1) is 12.4 Å². The van der Waals surface area contributed by atoms with E-state index in [4.69, 9.17) is 9.88 Å². The van der Waals surface area contributed by atoms with Crippen molar-refractivity contribution in [3.05, 3.63) is 29.3 Å². The van der Waals surface area contributed by atoms with Crippen LogP contribution in [-0.4, -0.2) is 20.8 Å². The fourth-order valence-electron chi connectivity index (χ4n) is 2.02. The number of benzene rings is 1. The van der Waals surface area contributed by atoms with Crippen molar-refractivity contribution in [3.63, 3.8) is 0 Å². The highest BCUT2D eigenvalue weighted by Crippen LogP contribution is 2.34. The average Bonchev–Trinajstić information content (AvgIpc) is 2.15. The number of fused-ring (bicyclic) bond motifs is 1. The number of hydrogen-bond acceptors (Lipinski definition) is 3. The van der Waals surface area contributed by atoms with Gasteiger partial charge in [-0.1, -0.05) is 12.1 Å². The minimum Gasteiger partial charge on any atom is -0.493 e. The Morgan fingerprint density at radius 2 is 2.25 bits per heavy atom. The topological polar surface area (TPSA) is 69.4 Å². The first-order valence-corrected chi connectivity index (χ1v) is 6.91. The molecule has 0 saturated carbocycles. The van der Waals surface area contributed by atoms with Crippen LogP contribution in [0.15, 0.2) is 18.2 Å². The van der Waals surface area contributed by atoms with E-state index in [1.165, 1.54) is 0 Å². The van der Waals surface area contributed by atoms with Gasteiger partial charge in [-0.25, -0.2) is 13.6 Å². The van der Waals surface area contributed by atoms with Crippen LogP contribution in [0.5, 0.6) is 5.75 Å². The van der Waals surface area contributed by atoms with Gasteiger partial charge in [-0.2, -0.15) is 0 Å². The van der Waals surface area contributed by atoms with Crippen molar-refractivity contribution in [1.29, 1.82) is 0 Å². The van der Waals surface area contributed by atoms with Gasteiger partial charge in [0.1, 0.15) is 5.75 Å². The van der Waals surface area contributed by atoms with Crippen LogP contribution < -0.4 is 9.88 Å². The summed E-state index contributed by atoms with van der Waals surface area (Å²) in [7, 11) is -3.43. The van der Waals surface area contributed by atoms with Crippen LogP contribution in [-0.2, 0) is 10.0 Å². The van der Waals surface area contributed by atoms with Gasteiger partial charge in [-0.3, -0.25) is 0 Å². The molecule has 1 atom stereocenters. The number of hydrogen-bond donors (Lipinski definition) is 1. The van der Waals surface area contributed by atoms with E-state index in [1.807, 2.05) is 25.1 Å². The third-order valence-electron chi connectivity index (χ3n) is 2.77. The summed E-state index contributed by atoms with van der Waals surface area (Å²) in [6.07, 6.45) is 0.701. The second-order valence-electron chi connectivity index (χ2n) is 4.20. The van der Waals surface area contributed by atoms with Gasteiger partial charge in [-0.15, -0.1) is 0 Å². The van der Waals surface area contributed by atoms with Crippen LogP contribution in [0.3, 0.4) is 0 Å². The van der Waals surface area contributed by atoms with Crippen molar-refractivity contribution in [3.8, 4) is 5.75 Å².